The lowest BCUT2D eigenvalue weighted by atomic mass is 9.95. The zero-order chi connectivity index (χ0) is 12.3. The summed E-state index contributed by atoms with van der Waals surface area (Å²) in [4.78, 5) is 2.05. The molecule has 1 fully saturated rings. The van der Waals surface area contributed by atoms with Crippen molar-refractivity contribution in [3.8, 4) is 0 Å². The number of hydrogen-bond donors (Lipinski definition) is 2. The molecular formula is C13H19FN2O. The Morgan fingerprint density at radius 1 is 1.47 bits per heavy atom. The molecular weight excluding hydrogens is 219 g/mol. The van der Waals surface area contributed by atoms with Gasteiger partial charge in [-0.3, -0.25) is 0 Å². The Morgan fingerprint density at radius 3 is 3.00 bits per heavy atom. The molecule has 0 bridgehead atoms. The van der Waals surface area contributed by atoms with Gasteiger partial charge in [-0.05, 0) is 43.4 Å². The van der Waals surface area contributed by atoms with Crippen molar-refractivity contribution in [1.29, 1.82) is 0 Å². The van der Waals surface area contributed by atoms with Crippen LogP contribution in [0.15, 0.2) is 18.2 Å². The van der Waals surface area contributed by atoms with Crippen LogP contribution >= 0.6 is 0 Å². The molecule has 0 saturated carbocycles. The molecule has 2 rings (SSSR count). The maximum atomic E-state index is 13.8. The average Bonchev–Trinajstić information content (AvgIpc) is 2.29. The molecule has 17 heavy (non-hydrogen) atoms. The van der Waals surface area contributed by atoms with E-state index in [1.165, 1.54) is 6.07 Å². The van der Waals surface area contributed by atoms with Gasteiger partial charge in [-0.1, -0.05) is 0 Å². The number of hydrogen-bond acceptors (Lipinski definition) is 3. The van der Waals surface area contributed by atoms with Gasteiger partial charge in [-0.2, -0.15) is 0 Å². The molecule has 0 aromatic heterocycles. The summed E-state index contributed by atoms with van der Waals surface area (Å²) in [6.07, 6.45) is 2.97. The second-order valence-corrected chi connectivity index (χ2v) is 4.68. The summed E-state index contributed by atoms with van der Waals surface area (Å²) in [7, 11) is 0. The van der Waals surface area contributed by atoms with Gasteiger partial charge in [0.25, 0.3) is 0 Å². The number of nitrogen functional groups attached to an aromatic ring is 1. The molecule has 1 aliphatic heterocycles. The predicted octanol–water partition coefficient (Wildman–Crippen LogP) is 2.01. The van der Waals surface area contributed by atoms with Gasteiger partial charge in [0.2, 0.25) is 0 Å². The van der Waals surface area contributed by atoms with Crippen LogP contribution in [0.5, 0.6) is 0 Å². The molecule has 1 heterocycles. The van der Waals surface area contributed by atoms with Crippen LogP contribution in [0.4, 0.5) is 15.8 Å². The molecule has 1 saturated heterocycles. The minimum Gasteiger partial charge on any atom is -0.399 e. The Labute approximate surface area is 101 Å². The van der Waals surface area contributed by atoms with E-state index >= 15 is 0 Å². The number of rotatable bonds is 3. The van der Waals surface area contributed by atoms with Crippen LogP contribution in [0.2, 0.25) is 0 Å². The lowest BCUT2D eigenvalue weighted by Gasteiger charge is -2.34. The Kier molecular flexibility index (Phi) is 3.84. The van der Waals surface area contributed by atoms with Gasteiger partial charge in [-0.25, -0.2) is 4.39 Å². The van der Waals surface area contributed by atoms with Crippen molar-refractivity contribution in [1.82, 2.24) is 0 Å². The summed E-state index contributed by atoms with van der Waals surface area (Å²) in [6.45, 7) is 1.91. The quantitative estimate of drug-likeness (QED) is 0.792. The van der Waals surface area contributed by atoms with Crippen LogP contribution in [0.1, 0.15) is 19.3 Å². The lowest BCUT2D eigenvalue weighted by molar-refractivity contribution is 0.244. The van der Waals surface area contributed by atoms with Crippen molar-refractivity contribution in [2.45, 2.75) is 19.3 Å². The third-order valence-corrected chi connectivity index (χ3v) is 3.37. The fraction of sp³-hybridized carbons (Fsp3) is 0.538. The Balaban J connectivity index is 2.10. The molecule has 0 radical (unpaired) electrons. The van der Waals surface area contributed by atoms with Crippen molar-refractivity contribution in [2.24, 2.45) is 5.92 Å². The molecule has 4 heteroatoms. The van der Waals surface area contributed by atoms with Crippen molar-refractivity contribution in [3.63, 3.8) is 0 Å². The summed E-state index contributed by atoms with van der Waals surface area (Å²) >= 11 is 0. The first-order valence-electron chi connectivity index (χ1n) is 6.11. The van der Waals surface area contributed by atoms with Crippen molar-refractivity contribution in [2.75, 3.05) is 30.3 Å². The number of anilines is 2. The third kappa shape index (κ3) is 2.88. The molecule has 1 atom stereocenters. The number of benzene rings is 1. The number of aliphatic hydroxyl groups is 1. The summed E-state index contributed by atoms with van der Waals surface area (Å²) in [5, 5.41) is 8.96. The average molecular weight is 238 g/mol. The van der Waals surface area contributed by atoms with Crippen molar-refractivity contribution in [3.05, 3.63) is 24.0 Å². The van der Waals surface area contributed by atoms with E-state index in [0.29, 0.717) is 17.3 Å². The fourth-order valence-electron chi connectivity index (χ4n) is 2.48. The first-order chi connectivity index (χ1) is 8.20. The second kappa shape index (κ2) is 5.36. The Bertz CT molecular complexity index is 382. The standard InChI is InChI=1S/C13H19FN2O/c14-12-8-11(15)3-4-13(12)16-6-1-2-10(9-16)5-7-17/h3-4,8,10,17H,1-2,5-7,9,15H2. The van der Waals surface area contributed by atoms with E-state index in [1.54, 1.807) is 12.1 Å². The zero-order valence-corrected chi connectivity index (χ0v) is 9.90. The highest BCUT2D eigenvalue weighted by Gasteiger charge is 2.21. The van der Waals surface area contributed by atoms with E-state index in [2.05, 4.69) is 4.90 Å². The van der Waals surface area contributed by atoms with Crippen LogP contribution in [0, 0.1) is 11.7 Å². The minimum atomic E-state index is -0.255. The molecule has 1 unspecified atom stereocenters. The van der Waals surface area contributed by atoms with Gasteiger partial charge in [0.05, 0.1) is 5.69 Å². The van der Waals surface area contributed by atoms with Crippen molar-refractivity contribution < 1.29 is 9.50 Å². The SMILES string of the molecule is Nc1ccc(N2CCCC(CCO)C2)c(F)c1. The molecule has 3 nitrogen and oxygen atoms in total. The highest BCUT2D eigenvalue weighted by atomic mass is 19.1. The van der Waals surface area contributed by atoms with E-state index in [1.807, 2.05) is 0 Å². The Hall–Kier alpha value is -1.29. The first-order valence-corrected chi connectivity index (χ1v) is 6.11. The molecule has 3 N–H and O–H groups in total. The normalized spacial score (nSPS) is 20.6. The molecule has 1 aromatic rings. The Morgan fingerprint density at radius 2 is 2.29 bits per heavy atom. The highest BCUT2D eigenvalue weighted by molar-refractivity contribution is 5.54. The maximum absolute atomic E-state index is 13.8. The number of aliphatic hydroxyl groups excluding tert-OH is 1. The van der Waals surface area contributed by atoms with Crippen LogP contribution in [-0.4, -0.2) is 24.8 Å². The molecule has 94 valence electrons. The highest BCUT2D eigenvalue weighted by Crippen LogP contribution is 2.27. The molecule has 0 spiro atoms. The third-order valence-electron chi connectivity index (χ3n) is 3.37. The second-order valence-electron chi connectivity index (χ2n) is 4.68. The van der Waals surface area contributed by atoms with Crippen LogP contribution < -0.4 is 10.6 Å². The molecule has 1 aromatic carbocycles. The lowest BCUT2D eigenvalue weighted by Crippen LogP contribution is -2.36. The number of nitrogens with two attached hydrogens (primary N) is 1. The van der Waals surface area contributed by atoms with Gasteiger partial charge in [-0.15, -0.1) is 0 Å². The smallest absolute Gasteiger partial charge is 0.148 e. The molecule has 0 amide bonds. The zero-order valence-electron chi connectivity index (χ0n) is 9.90. The topological polar surface area (TPSA) is 49.5 Å². The summed E-state index contributed by atoms with van der Waals surface area (Å²) in [5.41, 5.74) is 6.62. The van der Waals surface area contributed by atoms with E-state index in [4.69, 9.17) is 10.8 Å². The molecule has 1 aliphatic rings. The van der Waals surface area contributed by atoms with E-state index in [9.17, 15) is 4.39 Å². The van der Waals surface area contributed by atoms with Crippen LogP contribution in [0.3, 0.4) is 0 Å². The number of halogens is 1. The van der Waals surface area contributed by atoms with Gasteiger partial charge in [0.15, 0.2) is 0 Å². The summed E-state index contributed by atoms with van der Waals surface area (Å²) in [5.74, 6) is 0.209. The first kappa shape index (κ1) is 12.2. The predicted molar refractivity (Wildman–Crippen MR) is 67.5 cm³/mol. The maximum Gasteiger partial charge on any atom is 0.148 e. The van der Waals surface area contributed by atoms with Gasteiger partial charge in [0, 0.05) is 25.4 Å². The summed E-state index contributed by atoms with van der Waals surface area (Å²) in [6, 6.07) is 4.84. The number of nitrogens with zero attached hydrogens (tertiary/aromatic N) is 1. The summed E-state index contributed by atoms with van der Waals surface area (Å²) < 4.78 is 13.8. The van der Waals surface area contributed by atoms with Gasteiger partial charge >= 0.3 is 0 Å². The van der Waals surface area contributed by atoms with Gasteiger partial charge in [0.1, 0.15) is 5.82 Å². The van der Waals surface area contributed by atoms with Crippen LogP contribution in [-0.2, 0) is 0 Å². The van der Waals surface area contributed by atoms with E-state index in [-0.39, 0.29) is 12.4 Å². The largest absolute Gasteiger partial charge is 0.399 e. The van der Waals surface area contributed by atoms with Crippen LogP contribution in [0.25, 0.3) is 0 Å². The minimum absolute atomic E-state index is 0.211. The fourth-order valence-corrected chi connectivity index (χ4v) is 2.48. The van der Waals surface area contributed by atoms with E-state index < -0.39 is 0 Å². The molecule has 0 aliphatic carbocycles. The van der Waals surface area contributed by atoms with Gasteiger partial charge < -0.3 is 15.7 Å². The monoisotopic (exact) mass is 238 g/mol. The van der Waals surface area contributed by atoms with E-state index in [0.717, 1.165) is 32.4 Å². The van der Waals surface area contributed by atoms with Crippen molar-refractivity contribution >= 4 is 11.4 Å². The number of piperidine rings is 1.